The Hall–Kier alpha value is -1.31. The van der Waals surface area contributed by atoms with Gasteiger partial charge in [0.2, 0.25) is 0 Å². The molecule has 3 aromatic carbocycles. The van der Waals surface area contributed by atoms with Crippen molar-refractivity contribution in [1.29, 1.82) is 0 Å². The summed E-state index contributed by atoms with van der Waals surface area (Å²) >= 11 is 0. The summed E-state index contributed by atoms with van der Waals surface area (Å²) in [4.78, 5) is 0. The molecule has 0 saturated heterocycles. The van der Waals surface area contributed by atoms with Crippen LogP contribution in [0.3, 0.4) is 0 Å². The van der Waals surface area contributed by atoms with E-state index in [2.05, 4.69) is 0 Å². The molecule has 0 bridgehead atoms. The van der Waals surface area contributed by atoms with E-state index in [0.29, 0.717) is 15.9 Å². The van der Waals surface area contributed by atoms with Gasteiger partial charge in [-0.05, 0) is 0 Å². The quantitative estimate of drug-likeness (QED) is 0.478. The van der Waals surface area contributed by atoms with Crippen molar-refractivity contribution in [3.8, 4) is 5.75 Å². The second-order valence-electron chi connectivity index (χ2n) is 4.75. The van der Waals surface area contributed by atoms with Gasteiger partial charge in [-0.25, -0.2) is 0 Å². The fraction of sp³-hybridized carbons (Fsp3) is 0. The average Bonchev–Trinajstić information content (AvgIpc) is 2.56. The van der Waals surface area contributed by atoms with Gasteiger partial charge < -0.3 is 9.67 Å². The minimum Gasteiger partial charge on any atom is -0.872 e. The second kappa shape index (κ2) is 7.30. The van der Waals surface area contributed by atoms with Gasteiger partial charge in [-0.3, -0.25) is 0 Å². The summed E-state index contributed by atoms with van der Waals surface area (Å²) < 4.78 is 13.8. The van der Waals surface area contributed by atoms with Crippen LogP contribution in [0, 0.1) is 0 Å². The van der Waals surface area contributed by atoms with E-state index in [4.69, 9.17) is 0 Å². The van der Waals surface area contributed by atoms with Crippen molar-refractivity contribution in [2.45, 2.75) is 0 Å². The van der Waals surface area contributed by atoms with Crippen molar-refractivity contribution >= 4 is 23.1 Å². The molecule has 0 aromatic heterocycles. The van der Waals surface area contributed by atoms with Crippen LogP contribution in [0.1, 0.15) is 0 Å². The maximum Gasteiger partial charge on any atom is 1.00 e. The standard InChI is InChI=1S/C18H15O2P.Na/c19-17-13-7-8-14-18(17)21(20,15-9-3-1-4-10-15)16-11-5-2-6-12-16;/h1-14,19H;/q;+1/p-1. The van der Waals surface area contributed by atoms with Crippen LogP contribution in [0.4, 0.5) is 0 Å². The van der Waals surface area contributed by atoms with Gasteiger partial charge in [0.05, 0.1) is 0 Å². The summed E-state index contributed by atoms with van der Waals surface area (Å²) in [7, 11) is -3.13. The molecule has 0 aliphatic heterocycles. The molecule has 22 heavy (non-hydrogen) atoms. The van der Waals surface area contributed by atoms with E-state index >= 15 is 0 Å². The van der Waals surface area contributed by atoms with Gasteiger partial charge in [0.25, 0.3) is 0 Å². The fourth-order valence-electron chi connectivity index (χ4n) is 2.42. The summed E-state index contributed by atoms with van der Waals surface area (Å²) in [5.74, 6) is -0.187. The van der Waals surface area contributed by atoms with Crippen LogP contribution in [0.5, 0.6) is 5.75 Å². The molecular weight excluding hydrogens is 302 g/mol. The first-order valence-electron chi connectivity index (χ1n) is 6.71. The van der Waals surface area contributed by atoms with E-state index in [9.17, 15) is 9.67 Å². The number of hydrogen-bond donors (Lipinski definition) is 0. The topological polar surface area (TPSA) is 40.1 Å². The number of hydrogen-bond acceptors (Lipinski definition) is 2. The molecule has 104 valence electrons. The van der Waals surface area contributed by atoms with Crippen LogP contribution >= 0.6 is 7.14 Å². The number of benzene rings is 3. The molecule has 0 N–H and O–H groups in total. The number of rotatable bonds is 3. The van der Waals surface area contributed by atoms with Gasteiger partial charge in [-0.2, -0.15) is 0 Å². The van der Waals surface area contributed by atoms with Crippen LogP contribution in [0.15, 0.2) is 84.9 Å². The van der Waals surface area contributed by atoms with Crippen molar-refractivity contribution in [2.75, 3.05) is 0 Å². The summed E-state index contributed by atoms with van der Waals surface area (Å²) in [6.07, 6.45) is 0. The fourth-order valence-corrected chi connectivity index (χ4v) is 5.14. The Labute approximate surface area is 152 Å². The van der Waals surface area contributed by atoms with Gasteiger partial charge in [-0.15, -0.1) is 0 Å². The first-order valence-corrected chi connectivity index (χ1v) is 8.41. The Morgan fingerprint density at radius 2 is 1.05 bits per heavy atom. The van der Waals surface area contributed by atoms with Crippen LogP contribution in [-0.2, 0) is 4.57 Å². The first-order chi connectivity index (χ1) is 10.2. The molecule has 0 fully saturated rings. The molecule has 3 aromatic rings. The van der Waals surface area contributed by atoms with Crippen molar-refractivity contribution < 1.29 is 39.2 Å². The summed E-state index contributed by atoms with van der Waals surface area (Å²) in [6, 6.07) is 25.0. The Bertz CT molecular complexity index is 745. The molecular formula is C18H14NaO2P. The van der Waals surface area contributed by atoms with Crippen LogP contribution < -0.4 is 50.6 Å². The van der Waals surface area contributed by atoms with E-state index in [1.165, 1.54) is 6.07 Å². The SMILES string of the molecule is O=P(c1ccccc1)(c1ccccc1)c1ccccc1[O-].[Na+]. The minimum absolute atomic E-state index is 0. The predicted octanol–water partition coefficient (Wildman–Crippen LogP) is -0.596. The zero-order chi connectivity index (χ0) is 14.7. The normalized spacial score (nSPS) is 10.7. The largest absolute Gasteiger partial charge is 1.00 e. The van der Waals surface area contributed by atoms with Crippen LogP contribution in [0.25, 0.3) is 0 Å². The molecule has 0 atom stereocenters. The van der Waals surface area contributed by atoms with E-state index in [1.807, 2.05) is 60.7 Å². The maximum atomic E-state index is 13.8. The van der Waals surface area contributed by atoms with Gasteiger partial charge >= 0.3 is 29.6 Å². The summed E-state index contributed by atoms with van der Waals surface area (Å²) in [6.45, 7) is 0. The second-order valence-corrected chi connectivity index (χ2v) is 7.48. The third-order valence-electron chi connectivity index (χ3n) is 3.44. The predicted molar refractivity (Wildman–Crippen MR) is 85.3 cm³/mol. The van der Waals surface area contributed by atoms with Crippen LogP contribution in [0.2, 0.25) is 0 Å². The Balaban J connectivity index is 0.00000176. The molecule has 0 radical (unpaired) electrons. The molecule has 0 amide bonds. The molecule has 0 aliphatic carbocycles. The first kappa shape index (κ1) is 17.1. The maximum absolute atomic E-state index is 13.8. The average molecular weight is 316 g/mol. The number of para-hydroxylation sites is 1. The molecule has 4 heteroatoms. The Morgan fingerprint density at radius 3 is 1.50 bits per heavy atom. The van der Waals surface area contributed by atoms with E-state index in [0.717, 1.165) is 0 Å². The van der Waals surface area contributed by atoms with Crippen molar-refractivity contribution in [1.82, 2.24) is 0 Å². The zero-order valence-electron chi connectivity index (χ0n) is 12.3. The minimum atomic E-state index is -3.13. The zero-order valence-corrected chi connectivity index (χ0v) is 15.2. The Kier molecular flexibility index (Phi) is 5.66. The molecule has 0 spiro atoms. The van der Waals surface area contributed by atoms with Crippen molar-refractivity contribution in [2.24, 2.45) is 0 Å². The molecule has 0 aliphatic rings. The molecule has 2 nitrogen and oxygen atoms in total. The van der Waals surface area contributed by atoms with E-state index < -0.39 is 7.14 Å². The molecule has 0 saturated carbocycles. The summed E-state index contributed by atoms with van der Waals surface area (Å²) in [5, 5.41) is 14.0. The van der Waals surface area contributed by atoms with Gasteiger partial charge in [0, 0.05) is 15.9 Å². The van der Waals surface area contributed by atoms with Crippen molar-refractivity contribution in [3.63, 3.8) is 0 Å². The van der Waals surface area contributed by atoms with Crippen molar-refractivity contribution in [3.05, 3.63) is 84.9 Å². The van der Waals surface area contributed by atoms with Gasteiger partial charge in [0.15, 0.2) is 7.14 Å². The third-order valence-corrected chi connectivity index (χ3v) is 6.54. The molecule has 3 rings (SSSR count). The van der Waals surface area contributed by atoms with Gasteiger partial charge in [-0.1, -0.05) is 90.7 Å². The Morgan fingerprint density at radius 1 is 0.636 bits per heavy atom. The monoisotopic (exact) mass is 316 g/mol. The smallest absolute Gasteiger partial charge is 0.872 e. The molecule has 0 unspecified atom stereocenters. The summed E-state index contributed by atoms with van der Waals surface area (Å²) in [5.41, 5.74) is 0. The molecule has 0 heterocycles. The van der Waals surface area contributed by atoms with Gasteiger partial charge in [0.1, 0.15) is 0 Å². The third kappa shape index (κ3) is 3.06. The van der Waals surface area contributed by atoms with E-state index in [-0.39, 0.29) is 35.3 Å². The van der Waals surface area contributed by atoms with Crippen LogP contribution in [-0.4, -0.2) is 0 Å². The van der Waals surface area contributed by atoms with E-state index in [1.54, 1.807) is 18.2 Å².